The molecule has 0 aromatic heterocycles. The van der Waals surface area contributed by atoms with E-state index in [0.717, 1.165) is 0 Å². The van der Waals surface area contributed by atoms with Gasteiger partial charge in [0.25, 0.3) is 5.91 Å². The topological polar surface area (TPSA) is 55.1 Å². The maximum absolute atomic E-state index is 13.0. The van der Waals surface area contributed by atoms with Gasteiger partial charge >= 0.3 is 0 Å². The molecule has 1 aromatic rings. The molecular formula is C11H12BrFN2O. The summed E-state index contributed by atoms with van der Waals surface area (Å²) in [6.07, 6.45) is 2.38. The number of nitrogen functional groups attached to an aromatic ring is 1. The van der Waals surface area contributed by atoms with Crippen LogP contribution >= 0.6 is 15.9 Å². The van der Waals surface area contributed by atoms with E-state index in [0.29, 0.717) is 23.0 Å². The molecule has 0 radical (unpaired) electrons. The maximum Gasteiger partial charge on any atom is 0.252 e. The molecular weight excluding hydrogens is 275 g/mol. The van der Waals surface area contributed by atoms with Gasteiger partial charge in [0.05, 0.1) is 11.3 Å². The number of hydrogen-bond acceptors (Lipinski definition) is 2. The Hall–Kier alpha value is -1.36. The monoisotopic (exact) mass is 286 g/mol. The Bertz CT molecular complexity index is 421. The quantitative estimate of drug-likeness (QED) is 0.508. The summed E-state index contributed by atoms with van der Waals surface area (Å²) in [6, 6.07) is 2.49. The Morgan fingerprint density at radius 1 is 1.62 bits per heavy atom. The number of anilines is 1. The first-order chi connectivity index (χ1) is 7.56. The van der Waals surface area contributed by atoms with E-state index in [4.69, 9.17) is 5.73 Å². The average Bonchev–Trinajstić information content (AvgIpc) is 2.23. The van der Waals surface area contributed by atoms with E-state index < -0.39 is 5.82 Å². The Morgan fingerprint density at radius 3 is 2.94 bits per heavy atom. The van der Waals surface area contributed by atoms with Crippen molar-refractivity contribution in [3.8, 4) is 0 Å². The third-order valence-electron chi connectivity index (χ3n) is 1.97. The molecule has 0 spiro atoms. The lowest BCUT2D eigenvalue weighted by Crippen LogP contribution is -2.24. The van der Waals surface area contributed by atoms with Crippen molar-refractivity contribution in [1.82, 2.24) is 5.32 Å². The van der Waals surface area contributed by atoms with E-state index in [9.17, 15) is 9.18 Å². The molecule has 0 aliphatic carbocycles. The van der Waals surface area contributed by atoms with Crippen molar-refractivity contribution in [1.29, 1.82) is 0 Å². The van der Waals surface area contributed by atoms with Crippen molar-refractivity contribution in [3.63, 3.8) is 0 Å². The minimum absolute atomic E-state index is 0.0444. The second-order valence-electron chi connectivity index (χ2n) is 3.19. The van der Waals surface area contributed by atoms with Crippen LogP contribution in [0.5, 0.6) is 0 Å². The molecule has 3 nitrogen and oxygen atoms in total. The number of hydrogen-bond donors (Lipinski definition) is 2. The third-order valence-corrected chi connectivity index (χ3v) is 2.62. The zero-order valence-electron chi connectivity index (χ0n) is 8.59. The number of nitrogens with one attached hydrogen (secondary N) is 1. The van der Waals surface area contributed by atoms with Crippen molar-refractivity contribution in [3.05, 3.63) is 40.6 Å². The molecule has 0 aliphatic heterocycles. The highest BCUT2D eigenvalue weighted by Gasteiger charge is 2.12. The van der Waals surface area contributed by atoms with Gasteiger partial charge in [-0.3, -0.25) is 4.79 Å². The molecule has 1 amide bonds. The highest BCUT2D eigenvalue weighted by Crippen LogP contribution is 2.22. The molecule has 0 saturated carbocycles. The van der Waals surface area contributed by atoms with Crippen molar-refractivity contribution < 1.29 is 9.18 Å². The predicted octanol–water partition coefficient (Wildman–Crippen LogP) is 2.48. The molecule has 1 rings (SSSR count). The Labute approximate surface area is 102 Å². The molecule has 0 saturated heterocycles. The minimum atomic E-state index is -0.547. The molecule has 0 aliphatic rings. The van der Waals surface area contributed by atoms with Crippen LogP contribution in [0.2, 0.25) is 0 Å². The van der Waals surface area contributed by atoms with E-state index in [-0.39, 0.29) is 11.6 Å². The van der Waals surface area contributed by atoms with Crippen LogP contribution in [0.15, 0.2) is 29.3 Å². The largest absolute Gasteiger partial charge is 0.396 e. The van der Waals surface area contributed by atoms with Crippen LogP contribution in [-0.2, 0) is 0 Å². The highest BCUT2D eigenvalue weighted by atomic mass is 79.9. The molecule has 16 heavy (non-hydrogen) atoms. The molecule has 3 N–H and O–H groups in total. The lowest BCUT2D eigenvalue weighted by Gasteiger charge is -2.07. The Morgan fingerprint density at radius 2 is 2.31 bits per heavy atom. The van der Waals surface area contributed by atoms with Gasteiger partial charge in [-0.2, -0.15) is 0 Å². The van der Waals surface area contributed by atoms with Gasteiger partial charge in [-0.25, -0.2) is 4.39 Å². The van der Waals surface area contributed by atoms with Gasteiger partial charge in [0.15, 0.2) is 0 Å². The van der Waals surface area contributed by atoms with Gasteiger partial charge in [0, 0.05) is 11.0 Å². The van der Waals surface area contributed by atoms with Crippen LogP contribution in [-0.4, -0.2) is 12.5 Å². The van der Waals surface area contributed by atoms with Crippen LogP contribution in [0.4, 0.5) is 10.1 Å². The van der Waals surface area contributed by atoms with Crippen LogP contribution in [0.3, 0.4) is 0 Å². The molecule has 0 bridgehead atoms. The third kappa shape index (κ3) is 3.06. The zero-order chi connectivity index (χ0) is 12.1. The first-order valence-electron chi connectivity index (χ1n) is 4.70. The molecule has 5 heteroatoms. The fraction of sp³-hybridized carbons (Fsp3) is 0.182. The fourth-order valence-corrected chi connectivity index (χ4v) is 1.62. The number of halogens is 2. The number of carbonyl (C=O) groups excluding carboxylic acids is 1. The van der Waals surface area contributed by atoms with Gasteiger partial charge in [0.1, 0.15) is 5.82 Å². The normalized spacial score (nSPS) is 9.88. The molecule has 86 valence electrons. The first kappa shape index (κ1) is 12.7. The van der Waals surface area contributed by atoms with E-state index >= 15 is 0 Å². The van der Waals surface area contributed by atoms with Gasteiger partial charge in [-0.1, -0.05) is 6.08 Å². The van der Waals surface area contributed by atoms with Crippen LogP contribution in [0.25, 0.3) is 0 Å². The summed E-state index contributed by atoms with van der Waals surface area (Å²) < 4.78 is 13.4. The predicted molar refractivity (Wildman–Crippen MR) is 65.7 cm³/mol. The van der Waals surface area contributed by atoms with E-state index in [2.05, 4.69) is 27.8 Å². The molecule has 0 atom stereocenters. The Kier molecular flexibility index (Phi) is 4.49. The summed E-state index contributed by atoms with van der Waals surface area (Å²) >= 11 is 3.11. The second kappa shape index (κ2) is 5.65. The highest BCUT2D eigenvalue weighted by molar-refractivity contribution is 9.10. The standard InChI is InChI=1S/C11H12BrFN2O/c1-2-3-4-15-11(16)7-5-10(14)9(13)6-8(7)12/h2,5-6H,1,3-4,14H2,(H,15,16). The number of nitrogens with two attached hydrogens (primary N) is 1. The second-order valence-corrected chi connectivity index (χ2v) is 4.04. The smallest absolute Gasteiger partial charge is 0.252 e. The lowest BCUT2D eigenvalue weighted by atomic mass is 10.2. The van der Waals surface area contributed by atoms with Gasteiger partial charge in [-0.15, -0.1) is 6.58 Å². The summed E-state index contributed by atoms with van der Waals surface area (Å²) in [6.45, 7) is 4.04. The number of benzene rings is 1. The van der Waals surface area contributed by atoms with E-state index in [1.807, 2.05) is 0 Å². The summed E-state index contributed by atoms with van der Waals surface area (Å²) in [5.74, 6) is -0.838. The lowest BCUT2D eigenvalue weighted by molar-refractivity contribution is 0.0953. The molecule has 0 unspecified atom stereocenters. The minimum Gasteiger partial charge on any atom is -0.396 e. The van der Waals surface area contributed by atoms with Crippen LogP contribution in [0.1, 0.15) is 16.8 Å². The first-order valence-corrected chi connectivity index (χ1v) is 5.49. The van der Waals surface area contributed by atoms with Crippen LogP contribution in [0, 0.1) is 5.82 Å². The van der Waals surface area contributed by atoms with Crippen LogP contribution < -0.4 is 11.1 Å². The average molecular weight is 287 g/mol. The number of amides is 1. The van der Waals surface area contributed by atoms with E-state index in [1.54, 1.807) is 6.08 Å². The SMILES string of the molecule is C=CCCNC(=O)c1cc(N)c(F)cc1Br. The van der Waals surface area contributed by atoms with Gasteiger partial charge in [0.2, 0.25) is 0 Å². The number of rotatable bonds is 4. The van der Waals surface area contributed by atoms with Crippen molar-refractivity contribution in [2.45, 2.75) is 6.42 Å². The van der Waals surface area contributed by atoms with Crippen molar-refractivity contribution in [2.75, 3.05) is 12.3 Å². The summed E-state index contributed by atoms with van der Waals surface area (Å²) in [5.41, 5.74) is 5.67. The number of carbonyl (C=O) groups is 1. The maximum atomic E-state index is 13.0. The molecule has 1 aromatic carbocycles. The summed E-state index contributed by atoms with van der Waals surface area (Å²) in [5, 5.41) is 2.67. The van der Waals surface area contributed by atoms with Crippen molar-refractivity contribution in [2.24, 2.45) is 0 Å². The Balaban J connectivity index is 2.83. The van der Waals surface area contributed by atoms with E-state index in [1.165, 1.54) is 12.1 Å². The summed E-state index contributed by atoms with van der Waals surface area (Å²) in [4.78, 5) is 11.7. The van der Waals surface area contributed by atoms with Gasteiger partial charge < -0.3 is 11.1 Å². The zero-order valence-corrected chi connectivity index (χ0v) is 10.2. The molecule has 0 heterocycles. The summed E-state index contributed by atoms with van der Waals surface area (Å²) in [7, 11) is 0. The van der Waals surface area contributed by atoms with Crippen molar-refractivity contribution >= 4 is 27.5 Å². The van der Waals surface area contributed by atoms with Gasteiger partial charge in [-0.05, 0) is 34.5 Å². The molecule has 0 fully saturated rings. The fourth-order valence-electron chi connectivity index (χ4n) is 1.12.